The molecular formula is C14H14BrNOS. The molecule has 3 rings (SSSR count). The van der Waals surface area contributed by atoms with Crippen molar-refractivity contribution in [3.05, 3.63) is 50.1 Å². The van der Waals surface area contributed by atoms with E-state index in [1.807, 2.05) is 12.1 Å². The van der Waals surface area contributed by atoms with Gasteiger partial charge in [0.1, 0.15) is 5.75 Å². The largest absolute Gasteiger partial charge is 0.508 e. The van der Waals surface area contributed by atoms with Crippen LogP contribution in [0.5, 0.6) is 5.75 Å². The Hall–Kier alpha value is -0.840. The van der Waals surface area contributed by atoms with Crippen LogP contribution in [0.25, 0.3) is 0 Å². The van der Waals surface area contributed by atoms with E-state index < -0.39 is 0 Å². The zero-order chi connectivity index (χ0) is 12.5. The number of aromatic hydroxyl groups is 1. The van der Waals surface area contributed by atoms with Crippen molar-refractivity contribution in [2.75, 3.05) is 0 Å². The second-order valence-electron chi connectivity index (χ2n) is 4.55. The van der Waals surface area contributed by atoms with E-state index >= 15 is 0 Å². The Labute approximate surface area is 119 Å². The lowest BCUT2D eigenvalue weighted by Crippen LogP contribution is -2.18. The van der Waals surface area contributed by atoms with Gasteiger partial charge in [-0.1, -0.05) is 6.07 Å². The van der Waals surface area contributed by atoms with E-state index in [2.05, 4.69) is 32.7 Å². The Bertz CT molecular complexity index is 567. The Morgan fingerprint density at radius 1 is 1.39 bits per heavy atom. The molecule has 2 N–H and O–H groups in total. The summed E-state index contributed by atoms with van der Waals surface area (Å²) in [6.45, 7) is 0.892. The van der Waals surface area contributed by atoms with E-state index in [0.717, 1.165) is 19.4 Å². The van der Waals surface area contributed by atoms with Crippen molar-refractivity contribution in [3.63, 3.8) is 0 Å². The van der Waals surface area contributed by atoms with Gasteiger partial charge < -0.3 is 10.4 Å². The zero-order valence-corrected chi connectivity index (χ0v) is 12.2. The Balaban J connectivity index is 1.71. The molecule has 0 radical (unpaired) electrons. The normalized spacial score (nSPS) is 17.9. The first-order valence-electron chi connectivity index (χ1n) is 6.01. The van der Waals surface area contributed by atoms with Crippen molar-refractivity contribution in [1.82, 2.24) is 5.32 Å². The quantitative estimate of drug-likeness (QED) is 0.895. The highest BCUT2D eigenvalue weighted by atomic mass is 79.9. The fraction of sp³-hybridized carbons (Fsp3) is 0.286. The van der Waals surface area contributed by atoms with Gasteiger partial charge in [-0.25, -0.2) is 0 Å². The molecule has 1 heterocycles. The lowest BCUT2D eigenvalue weighted by Gasteiger charge is -2.13. The average molecular weight is 324 g/mol. The summed E-state index contributed by atoms with van der Waals surface area (Å²) >= 11 is 5.32. The van der Waals surface area contributed by atoms with Crippen molar-refractivity contribution < 1.29 is 5.11 Å². The molecule has 94 valence electrons. The van der Waals surface area contributed by atoms with Gasteiger partial charge in [0.2, 0.25) is 0 Å². The molecule has 0 amide bonds. The van der Waals surface area contributed by atoms with E-state index in [-0.39, 0.29) is 0 Å². The van der Waals surface area contributed by atoms with Gasteiger partial charge in [0.25, 0.3) is 0 Å². The summed E-state index contributed by atoms with van der Waals surface area (Å²) < 4.78 is 1.18. The van der Waals surface area contributed by atoms with Gasteiger partial charge in [-0.05, 0) is 63.5 Å². The maximum Gasteiger partial charge on any atom is 0.115 e. The third-order valence-corrected chi connectivity index (χ3v) is 5.33. The first kappa shape index (κ1) is 12.2. The molecule has 0 saturated carbocycles. The molecule has 0 saturated heterocycles. The lowest BCUT2D eigenvalue weighted by atomic mass is 10.1. The lowest BCUT2D eigenvalue weighted by molar-refractivity contribution is 0.474. The summed E-state index contributed by atoms with van der Waals surface area (Å²) in [4.78, 5) is 1.34. The summed E-state index contributed by atoms with van der Waals surface area (Å²) in [6.07, 6.45) is 2.16. The molecule has 0 fully saturated rings. The number of fused-ring (bicyclic) bond motifs is 1. The summed E-state index contributed by atoms with van der Waals surface area (Å²) in [7, 11) is 0. The van der Waals surface area contributed by atoms with Crippen LogP contribution < -0.4 is 5.32 Å². The van der Waals surface area contributed by atoms with Crippen molar-refractivity contribution in [1.29, 1.82) is 0 Å². The maximum atomic E-state index is 9.47. The van der Waals surface area contributed by atoms with Gasteiger partial charge in [0.15, 0.2) is 0 Å². The van der Waals surface area contributed by atoms with Crippen LogP contribution in [0.3, 0.4) is 0 Å². The first-order chi connectivity index (χ1) is 8.74. The minimum Gasteiger partial charge on any atom is -0.508 e. The number of rotatable bonds is 3. The highest BCUT2D eigenvalue weighted by molar-refractivity contribution is 9.10. The number of aryl methyl sites for hydroxylation is 1. The minimum absolute atomic E-state index is 0.371. The van der Waals surface area contributed by atoms with Gasteiger partial charge in [0, 0.05) is 21.9 Å². The van der Waals surface area contributed by atoms with Crippen LogP contribution in [-0.2, 0) is 13.0 Å². The number of nitrogens with one attached hydrogen (secondary N) is 1. The fourth-order valence-corrected chi connectivity index (χ4v) is 3.93. The van der Waals surface area contributed by atoms with Crippen molar-refractivity contribution in [2.24, 2.45) is 0 Å². The van der Waals surface area contributed by atoms with Gasteiger partial charge >= 0.3 is 0 Å². The topological polar surface area (TPSA) is 32.3 Å². The van der Waals surface area contributed by atoms with E-state index in [1.54, 1.807) is 17.4 Å². The SMILES string of the molecule is Oc1ccc2c(c1)CCC2NCc1sccc1Br. The number of thiophene rings is 1. The Morgan fingerprint density at radius 3 is 3.06 bits per heavy atom. The van der Waals surface area contributed by atoms with Gasteiger partial charge in [-0.15, -0.1) is 11.3 Å². The number of hydrogen-bond acceptors (Lipinski definition) is 3. The van der Waals surface area contributed by atoms with E-state index in [9.17, 15) is 5.11 Å². The van der Waals surface area contributed by atoms with Crippen LogP contribution in [0.15, 0.2) is 34.1 Å². The number of hydrogen-bond donors (Lipinski definition) is 2. The van der Waals surface area contributed by atoms with Gasteiger partial charge in [-0.2, -0.15) is 0 Å². The molecule has 0 spiro atoms. The summed E-state index contributed by atoms with van der Waals surface area (Å²) in [5.41, 5.74) is 2.61. The molecule has 1 aromatic heterocycles. The van der Waals surface area contributed by atoms with Crippen molar-refractivity contribution in [3.8, 4) is 5.75 Å². The average Bonchev–Trinajstić information content (AvgIpc) is 2.93. The van der Waals surface area contributed by atoms with Crippen molar-refractivity contribution >= 4 is 27.3 Å². The van der Waals surface area contributed by atoms with Crippen LogP contribution in [0.2, 0.25) is 0 Å². The first-order valence-corrected chi connectivity index (χ1v) is 7.68. The highest BCUT2D eigenvalue weighted by Crippen LogP contribution is 2.34. The molecule has 2 nitrogen and oxygen atoms in total. The molecule has 1 atom stereocenters. The van der Waals surface area contributed by atoms with E-state index in [0.29, 0.717) is 11.8 Å². The molecule has 1 unspecified atom stereocenters. The molecule has 0 aliphatic heterocycles. The number of benzene rings is 1. The summed E-state index contributed by atoms with van der Waals surface area (Å²) in [5.74, 6) is 0.371. The van der Waals surface area contributed by atoms with Crippen LogP contribution >= 0.6 is 27.3 Å². The van der Waals surface area contributed by atoms with Gasteiger partial charge in [0.05, 0.1) is 0 Å². The fourth-order valence-electron chi connectivity index (χ4n) is 2.48. The zero-order valence-electron chi connectivity index (χ0n) is 9.82. The standard InChI is InChI=1S/C14H14BrNOS/c15-12-5-6-18-14(12)8-16-13-4-1-9-7-10(17)2-3-11(9)13/h2-3,5-7,13,16-17H,1,4,8H2. The maximum absolute atomic E-state index is 9.47. The van der Waals surface area contributed by atoms with E-state index in [4.69, 9.17) is 0 Å². The number of phenolic OH excluding ortho intramolecular Hbond substituents is 1. The molecule has 1 aliphatic rings. The van der Waals surface area contributed by atoms with Crippen molar-refractivity contribution in [2.45, 2.75) is 25.4 Å². The Morgan fingerprint density at radius 2 is 2.28 bits per heavy atom. The second kappa shape index (κ2) is 5.03. The highest BCUT2D eigenvalue weighted by Gasteiger charge is 2.22. The third kappa shape index (κ3) is 2.32. The molecule has 18 heavy (non-hydrogen) atoms. The predicted molar refractivity (Wildman–Crippen MR) is 78.0 cm³/mol. The molecule has 0 bridgehead atoms. The molecule has 1 aromatic carbocycles. The van der Waals surface area contributed by atoms with Crippen LogP contribution in [0, 0.1) is 0 Å². The minimum atomic E-state index is 0.371. The van der Waals surface area contributed by atoms with Crippen LogP contribution in [-0.4, -0.2) is 5.11 Å². The number of halogens is 1. The smallest absolute Gasteiger partial charge is 0.115 e. The Kier molecular flexibility index (Phi) is 3.41. The van der Waals surface area contributed by atoms with E-state index in [1.165, 1.54) is 20.5 Å². The predicted octanol–water partition coefficient (Wildman–Crippen LogP) is 3.99. The van der Waals surface area contributed by atoms with Gasteiger partial charge in [-0.3, -0.25) is 0 Å². The second-order valence-corrected chi connectivity index (χ2v) is 6.40. The molecular weight excluding hydrogens is 310 g/mol. The summed E-state index contributed by atoms with van der Waals surface area (Å²) in [6, 6.07) is 8.20. The third-order valence-electron chi connectivity index (χ3n) is 3.40. The van der Waals surface area contributed by atoms with Crippen LogP contribution in [0.4, 0.5) is 0 Å². The monoisotopic (exact) mass is 323 g/mol. The molecule has 1 aliphatic carbocycles. The molecule has 2 aromatic rings. The number of phenols is 1. The van der Waals surface area contributed by atoms with Crippen LogP contribution in [0.1, 0.15) is 28.5 Å². The summed E-state index contributed by atoms with van der Waals surface area (Å²) in [5, 5.41) is 15.2. The molecule has 4 heteroatoms.